The Balaban J connectivity index is 2.05. The van der Waals surface area contributed by atoms with Gasteiger partial charge in [-0.15, -0.1) is 0 Å². The number of carbonyl (C=O) groups is 1. The van der Waals surface area contributed by atoms with Crippen LogP contribution in [-0.4, -0.2) is 36.5 Å². The highest BCUT2D eigenvalue weighted by Gasteiger charge is 2.32. The van der Waals surface area contributed by atoms with Gasteiger partial charge in [0.15, 0.2) is 0 Å². The molecule has 0 unspecified atom stereocenters. The molecule has 16 heavy (non-hydrogen) atoms. The van der Waals surface area contributed by atoms with Crippen LogP contribution in [0.4, 0.5) is 0 Å². The summed E-state index contributed by atoms with van der Waals surface area (Å²) in [6.07, 6.45) is 4.61. The second-order valence-electron chi connectivity index (χ2n) is 4.39. The number of hydrogen-bond acceptors (Lipinski definition) is 4. The molecule has 0 radical (unpaired) electrons. The molecule has 0 spiro atoms. The van der Waals surface area contributed by atoms with E-state index in [-0.39, 0.29) is 12.6 Å². The predicted octanol–water partition coefficient (Wildman–Crippen LogP) is 1.65. The normalized spacial score (nSPS) is 18.6. The molecule has 1 aliphatic rings. The van der Waals surface area contributed by atoms with E-state index in [1.54, 1.807) is 0 Å². The minimum Gasteiger partial charge on any atom is -0.463 e. The maximum atomic E-state index is 11.3. The molecule has 1 rings (SSSR count). The van der Waals surface area contributed by atoms with Gasteiger partial charge in [-0.3, -0.25) is 4.79 Å². The Morgan fingerprint density at radius 3 is 2.69 bits per heavy atom. The van der Waals surface area contributed by atoms with Crippen LogP contribution in [0.25, 0.3) is 0 Å². The highest BCUT2D eigenvalue weighted by atomic mass is 16.5. The summed E-state index contributed by atoms with van der Waals surface area (Å²) >= 11 is 0. The van der Waals surface area contributed by atoms with Gasteiger partial charge in [-0.25, -0.2) is 0 Å². The molecule has 1 N–H and O–H groups in total. The Kier molecular flexibility index (Phi) is 5.77. The van der Waals surface area contributed by atoms with E-state index in [2.05, 4.69) is 0 Å². The fourth-order valence-electron chi connectivity index (χ4n) is 1.93. The first-order valence-corrected chi connectivity index (χ1v) is 6.12. The molecule has 1 aliphatic carbocycles. The lowest BCUT2D eigenvalue weighted by Crippen LogP contribution is -2.32. The Bertz CT molecular complexity index is 209. The number of aliphatic hydroxyl groups is 1. The van der Waals surface area contributed by atoms with Crippen molar-refractivity contribution in [3.05, 3.63) is 0 Å². The molecule has 1 fully saturated rings. The third-order valence-corrected chi connectivity index (χ3v) is 2.91. The minimum absolute atomic E-state index is 0.153. The summed E-state index contributed by atoms with van der Waals surface area (Å²) in [5, 5.41) is 9.95. The summed E-state index contributed by atoms with van der Waals surface area (Å²) in [6.45, 7) is 3.35. The van der Waals surface area contributed by atoms with Crippen molar-refractivity contribution in [2.75, 3.05) is 19.8 Å². The van der Waals surface area contributed by atoms with Gasteiger partial charge < -0.3 is 14.6 Å². The average molecular weight is 230 g/mol. The fraction of sp³-hybridized carbons (Fsp3) is 0.917. The van der Waals surface area contributed by atoms with Crippen LogP contribution in [0.2, 0.25) is 0 Å². The third-order valence-electron chi connectivity index (χ3n) is 2.91. The smallest absolute Gasteiger partial charge is 0.305 e. The number of carbonyl (C=O) groups excluding carboxylic acids is 1. The van der Waals surface area contributed by atoms with Crippen LogP contribution >= 0.6 is 0 Å². The van der Waals surface area contributed by atoms with Gasteiger partial charge in [0.1, 0.15) is 6.61 Å². The van der Waals surface area contributed by atoms with Gasteiger partial charge in [0.2, 0.25) is 0 Å². The molecule has 4 nitrogen and oxygen atoms in total. The van der Waals surface area contributed by atoms with E-state index in [9.17, 15) is 9.90 Å². The second kappa shape index (κ2) is 6.86. The van der Waals surface area contributed by atoms with E-state index < -0.39 is 5.60 Å². The molecule has 0 aromatic rings. The summed E-state index contributed by atoms with van der Waals surface area (Å²) < 4.78 is 10.2. The summed E-state index contributed by atoms with van der Waals surface area (Å²) in [5.41, 5.74) is -0.754. The molecule has 0 heterocycles. The molecule has 1 saturated carbocycles. The molecule has 0 bridgehead atoms. The number of ether oxygens (including phenoxy) is 2. The minimum atomic E-state index is -0.754. The lowest BCUT2D eigenvalue weighted by atomic mass is 10.0. The standard InChI is InChI=1S/C12H22O4/c1-2-15-9-5-6-11(13)16-10-12(14)7-3-4-8-12/h14H,2-10H2,1H3. The maximum absolute atomic E-state index is 11.3. The molecular formula is C12H22O4. The second-order valence-corrected chi connectivity index (χ2v) is 4.39. The van der Waals surface area contributed by atoms with E-state index in [1.807, 2.05) is 6.92 Å². The molecule has 0 amide bonds. The number of rotatable bonds is 7. The van der Waals surface area contributed by atoms with Gasteiger partial charge in [0, 0.05) is 19.6 Å². The van der Waals surface area contributed by atoms with Crippen molar-refractivity contribution in [2.45, 2.75) is 51.0 Å². The summed E-state index contributed by atoms with van der Waals surface area (Å²) in [7, 11) is 0. The van der Waals surface area contributed by atoms with E-state index in [4.69, 9.17) is 9.47 Å². The quantitative estimate of drug-likeness (QED) is 0.533. The van der Waals surface area contributed by atoms with Gasteiger partial charge in [-0.2, -0.15) is 0 Å². The number of hydrogen-bond donors (Lipinski definition) is 1. The highest BCUT2D eigenvalue weighted by molar-refractivity contribution is 5.69. The van der Waals surface area contributed by atoms with Crippen LogP contribution < -0.4 is 0 Å². The Morgan fingerprint density at radius 2 is 2.06 bits per heavy atom. The first-order chi connectivity index (χ1) is 7.66. The zero-order valence-electron chi connectivity index (χ0n) is 10.0. The zero-order valence-corrected chi connectivity index (χ0v) is 10.0. The summed E-state index contributed by atoms with van der Waals surface area (Å²) in [6, 6.07) is 0. The van der Waals surface area contributed by atoms with Crippen LogP contribution in [0, 0.1) is 0 Å². The van der Waals surface area contributed by atoms with Crippen molar-refractivity contribution in [2.24, 2.45) is 0 Å². The molecule has 94 valence electrons. The molecular weight excluding hydrogens is 208 g/mol. The van der Waals surface area contributed by atoms with E-state index in [0.29, 0.717) is 26.1 Å². The first-order valence-electron chi connectivity index (χ1n) is 6.12. The molecule has 0 aliphatic heterocycles. The lowest BCUT2D eigenvalue weighted by Gasteiger charge is -2.21. The van der Waals surface area contributed by atoms with E-state index >= 15 is 0 Å². The topological polar surface area (TPSA) is 55.8 Å². The number of esters is 1. The molecule has 4 heteroatoms. The van der Waals surface area contributed by atoms with E-state index in [1.165, 1.54) is 0 Å². The largest absolute Gasteiger partial charge is 0.463 e. The van der Waals surface area contributed by atoms with Crippen molar-refractivity contribution in [1.82, 2.24) is 0 Å². The molecule has 0 aromatic heterocycles. The lowest BCUT2D eigenvalue weighted by molar-refractivity contribution is -0.151. The summed E-state index contributed by atoms with van der Waals surface area (Å²) in [4.78, 5) is 11.3. The molecule has 0 aromatic carbocycles. The Labute approximate surface area is 96.9 Å². The van der Waals surface area contributed by atoms with Crippen LogP contribution in [0.15, 0.2) is 0 Å². The van der Waals surface area contributed by atoms with Crippen molar-refractivity contribution in [1.29, 1.82) is 0 Å². The summed E-state index contributed by atoms with van der Waals surface area (Å²) in [5.74, 6) is -0.236. The third kappa shape index (κ3) is 4.94. The first kappa shape index (κ1) is 13.5. The van der Waals surface area contributed by atoms with Crippen LogP contribution in [-0.2, 0) is 14.3 Å². The van der Waals surface area contributed by atoms with E-state index in [0.717, 1.165) is 25.7 Å². The maximum Gasteiger partial charge on any atom is 0.305 e. The highest BCUT2D eigenvalue weighted by Crippen LogP contribution is 2.29. The Hall–Kier alpha value is -0.610. The van der Waals surface area contributed by atoms with Crippen LogP contribution in [0.3, 0.4) is 0 Å². The molecule has 0 atom stereocenters. The molecule has 0 saturated heterocycles. The monoisotopic (exact) mass is 230 g/mol. The van der Waals surface area contributed by atoms with Gasteiger partial charge in [-0.05, 0) is 26.2 Å². The van der Waals surface area contributed by atoms with Gasteiger partial charge in [0.05, 0.1) is 5.60 Å². The Morgan fingerprint density at radius 1 is 1.38 bits per heavy atom. The fourth-order valence-corrected chi connectivity index (χ4v) is 1.93. The van der Waals surface area contributed by atoms with Crippen molar-refractivity contribution in [3.8, 4) is 0 Å². The zero-order chi connectivity index (χ0) is 11.9. The van der Waals surface area contributed by atoms with Gasteiger partial charge in [-0.1, -0.05) is 12.8 Å². The van der Waals surface area contributed by atoms with Crippen molar-refractivity contribution < 1.29 is 19.4 Å². The predicted molar refractivity (Wildman–Crippen MR) is 60.1 cm³/mol. The van der Waals surface area contributed by atoms with Crippen molar-refractivity contribution in [3.63, 3.8) is 0 Å². The van der Waals surface area contributed by atoms with Crippen LogP contribution in [0.1, 0.15) is 45.4 Å². The van der Waals surface area contributed by atoms with Crippen molar-refractivity contribution >= 4 is 5.97 Å². The average Bonchev–Trinajstić information content (AvgIpc) is 2.70. The van der Waals surface area contributed by atoms with Gasteiger partial charge in [0.25, 0.3) is 0 Å². The SMILES string of the molecule is CCOCCCC(=O)OCC1(O)CCCC1. The van der Waals surface area contributed by atoms with Crippen LogP contribution in [0.5, 0.6) is 0 Å². The van der Waals surface area contributed by atoms with Gasteiger partial charge >= 0.3 is 5.97 Å².